The first-order valence-electron chi connectivity index (χ1n) is 5.59. The molecule has 0 atom stereocenters. The molecule has 0 fully saturated rings. The Morgan fingerprint density at radius 2 is 1.82 bits per heavy atom. The molecule has 17 heavy (non-hydrogen) atoms. The first-order valence-corrected chi connectivity index (χ1v) is 7.03. The molecule has 4 nitrogen and oxygen atoms in total. The molecule has 1 N–H and O–H groups in total. The van der Waals surface area contributed by atoms with Crippen LogP contribution >= 0.6 is 0 Å². The summed E-state index contributed by atoms with van der Waals surface area (Å²) in [5.41, 5.74) is 2.20. The van der Waals surface area contributed by atoms with Gasteiger partial charge in [-0.1, -0.05) is 38.1 Å². The lowest BCUT2D eigenvalue weighted by Gasteiger charge is -2.15. The molecule has 0 aliphatic carbocycles. The average Bonchev–Trinajstić information content (AvgIpc) is 2.26. The van der Waals surface area contributed by atoms with Gasteiger partial charge in [0.15, 0.2) is 0 Å². The van der Waals surface area contributed by atoms with Crippen molar-refractivity contribution >= 4 is 10.2 Å². The predicted octanol–water partition coefficient (Wildman–Crippen LogP) is 1.71. The van der Waals surface area contributed by atoms with Crippen molar-refractivity contribution in [3.63, 3.8) is 0 Å². The summed E-state index contributed by atoms with van der Waals surface area (Å²) in [6.45, 7) is 4.52. The Morgan fingerprint density at radius 1 is 1.24 bits per heavy atom. The van der Waals surface area contributed by atoms with E-state index in [1.807, 2.05) is 24.3 Å². The van der Waals surface area contributed by atoms with E-state index in [0.717, 1.165) is 5.56 Å². The zero-order valence-electron chi connectivity index (χ0n) is 10.8. The van der Waals surface area contributed by atoms with E-state index in [4.69, 9.17) is 0 Å². The van der Waals surface area contributed by atoms with Crippen LogP contribution in [-0.2, 0) is 16.8 Å². The fraction of sp³-hybridized carbons (Fsp3) is 0.500. The number of rotatable bonds is 5. The summed E-state index contributed by atoms with van der Waals surface area (Å²) < 4.78 is 26.9. The maximum atomic E-state index is 11.6. The Labute approximate surface area is 104 Å². The number of benzene rings is 1. The second kappa shape index (κ2) is 5.62. The van der Waals surface area contributed by atoms with Gasteiger partial charge in [-0.2, -0.15) is 17.4 Å². The molecule has 1 aromatic rings. The molecular weight excluding hydrogens is 236 g/mol. The summed E-state index contributed by atoms with van der Waals surface area (Å²) in [5, 5.41) is 0. The van der Waals surface area contributed by atoms with Crippen molar-refractivity contribution in [1.29, 1.82) is 0 Å². The fourth-order valence-corrected chi connectivity index (χ4v) is 2.15. The standard InChI is InChI=1S/C12H20N2O2S/c1-10(2)12-8-6-5-7-11(12)9-13-17(15,16)14(3)4/h5-8,10,13H,9H2,1-4H3. The molecule has 0 heterocycles. The molecular formula is C12H20N2O2S. The van der Waals surface area contributed by atoms with Crippen LogP contribution in [0.2, 0.25) is 0 Å². The first-order chi connectivity index (χ1) is 7.84. The van der Waals surface area contributed by atoms with Gasteiger partial charge in [-0.3, -0.25) is 0 Å². The summed E-state index contributed by atoms with van der Waals surface area (Å²) in [7, 11) is -0.334. The van der Waals surface area contributed by atoms with Crippen molar-refractivity contribution in [1.82, 2.24) is 9.03 Å². The highest BCUT2D eigenvalue weighted by Crippen LogP contribution is 2.19. The Kier molecular flexibility index (Phi) is 4.68. The van der Waals surface area contributed by atoms with Crippen LogP contribution in [0.5, 0.6) is 0 Å². The van der Waals surface area contributed by atoms with Gasteiger partial charge < -0.3 is 0 Å². The van der Waals surface area contributed by atoms with Crippen molar-refractivity contribution < 1.29 is 8.42 Å². The van der Waals surface area contributed by atoms with Crippen LogP contribution in [-0.4, -0.2) is 26.8 Å². The second-order valence-corrected chi connectivity index (χ2v) is 6.43. The molecule has 0 radical (unpaired) electrons. The summed E-state index contributed by atoms with van der Waals surface area (Å²) in [4.78, 5) is 0. The van der Waals surface area contributed by atoms with Gasteiger partial charge in [0.1, 0.15) is 0 Å². The zero-order valence-corrected chi connectivity index (χ0v) is 11.6. The summed E-state index contributed by atoms with van der Waals surface area (Å²) in [6.07, 6.45) is 0. The van der Waals surface area contributed by atoms with Crippen molar-refractivity contribution in [2.24, 2.45) is 0 Å². The normalized spacial score (nSPS) is 12.4. The van der Waals surface area contributed by atoms with E-state index in [1.54, 1.807) is 0 Å². The lowest BCUT2D eigenvalue weighted by molar-refractivity contribution is 0.505. The van der Waals surface area contributed by atoms with Crippen molar-refractivity contribution in [2.45, 2.75) is 26.3 Å². The molecule has 0 saturated carbocycles. The molecule has 0 aromatic heterocycles. The van der Waals surface area contributed by atoms with Gasteiger partial charge in [0.2, 0.25) is 0 Å². The molecule has 96 valence electrons. The molecule has 0 aliphatic heterocycles. The first kappa shape index (κ1) is 14.2. The molecule has 0 bridgehead atoms. The topological polar surface area (TPSA) is 49.4 Å². The molecule has 1 aromatic carbocycles. The maximum Gasteiger partial charge on any atom is 0.279 e. The third-order valence-corrected chi connectivity index (χ3v) is 4.07. The van der Waals surface area contributed by atoms with Crippen LogP contribution in [0.1, 0.15) is 30.9 Å². The molecule has 0 aliphatic rings. The van der Waals surface area contributed by atoms with E-state index in [9.17, 15) is 8.42 Å². The highest BCUT2D eigenvalue weighted by molar-refractivity contribution is 7.87. The van der Waals surface area contributed by atoms with Gasteiger partial charge in [0.05, 0.1) is 0 Å². The Balaban J connectivity index is 2.83. The van der Waals surface area contributed by atoms with Crippen LogP contribution < -0.4 is 4.72 Å². The van der Waals surface area contributed by atoms with Crippen molar-refractivity contribution in [3.05, 3.63) is 35.4 Å². The highest BCUT2D eigenvalue weighted by atomic mass is 32.2. The summed E-state index contributed by atoms with van der Waals surface area (Å²) >= 11 is 0. The Hall–Kier alpha value is -0.910. The molecule has 5 heteroatoms. The van der Waals surface area contributed by atoms with Gasteiger partial charge >= 0.3 is 0 Å². The van der Waals surface area contributed by atoms with Crippen LogP contribution in [0.4, 0.5) is 0 Å². The average molecular weight is 256 g/mol. The second-order valence-electron chi connectivity index (χ2n) is 4.46. The van der Waals surface area contributed by atoms with Crippen LogP contribution in [0, 0.1) is 0 Å². The third-order valence-electron chi connectivity index (χ3n) is 2.60. The Bertz CT molecular complexity index is 467. The molecule has 0 spiro atoms. The van der Waals surface area contributed by atoms with E-state index in [0.29, 0.717) is 12.5 Å². The minimum absolute atomic E-state index is 0.328. The molecule has 0 amide bonds. The van der Waals surface area contributed by atoms with E-state index in [2.05, 4.69) is 18.6 Å². The van der Waals surface area contributed by atoms with Crippen LogP contribution in [0.3, 0.4) is 0 Å². The summed E-state index contributed by atoms with van der Waals surface area (Å²) in [5.74, 6) is 0.384. The van der Waals surface area contributed by atoms with E-state index in [-0.39, 0.29) is 0 Å². The predicted molar refractivity (Wildman–Crippen MR) is 70.0 cm³/mol. The highest BCUT2D eigenvalue weighted by Gasteiger charge is 2.13. The van der Waals surface area contributed by atoms with E-state index >= 15 is 0 Å². The largest absolute Gasteiger partial charge is 0.279 e. The van der Waals surface area contributed by atoms with Crippen molar-refractivity contribution in [3.8, 4) is 0 Å². The number of nitrogens with zero attached hydrogens (tertiary/aromatic N) is 1. The number of nitrogens with one attached hydrogen (secondary N) is 1. The maximum absolute atomic E-state index is 11.6. The van der Waals surface area contributed by atoms with Gasteiger partial charge in [-0.25, -0.2) is 0 Å². The molecule has 1 rings (SSSR count). The quantitative estimate of drug-likeness (QED) is 0.872. The van der Waals surface area contributed by atoms with E-state index < -0.39 is 10.2 Å². The SMILES string of the molecule is CC(C)c1ccccc1CNS(=O)(=O)N(C)C. The van der Waals surface area contributed by atoms with Gasteiger partial charge in [-0.15, -0.1) is 0 Å². The van der Waals surface area contributed by atoms with E-state index in [1.165, 1.54) is 24.0 Å². The number of hydrogen-bond donors (Lipinski definition) is 1. The Morgan fingerprint density at radius 3 is 2.35 bits per heavy atom. The summed E-state index contributed by atoms with van der Waals surface area (Å²) in [6, 6.07) is 7.88. The number of hydrogen-bond acceptors (Lipinski definition) is 2. The fourth-order valence-electron chi connectivity index (χ4n) is 1.56. The lowest BCUT2D eigenvalue weighted by Crippen LogP contribution is -2.35. The van der Waals surface area contributed by atoms with Gasteiger partial charge in [0, 0.05) is 20.6 Å². The lowest BCUT2D eigenvalue weighted by atomic mass is 9.97. The van der Waals surface area contributed by atoms with Crippen LogP contribution in [0.15, 0.2) is 24.3 Å². The zero-order chi connectivity index (χ0) is 13.1. The molecule has 0 unspecified atom stereocenters. The van der Waals surface area contributed by atoms with Gasteiger partial charge in [0.25, 0.3) is 10.2 Å². The minimum atomic E-state index is -3.36. The van der Waals surface area contributed by atoms with Crippen LogP contribution in [0.25, 0.3) is 0 Å². The van der Waals surface area contributed by atoms with Crippen molar-refractivity contribution in [2.75, 3.05) is 14.1 Å². The monoisotopic (exact) mass is 256 g/mol. The minimum Gasteiger partial charge on any atom is -0.198 e. The molecule has 0 saturated heterocycles. The third kappa shape index (κ3) is 3.80. The smallest absolute Gasteiger partial charge is 0.198 e. The van der Waals surface area contributed by atoms with Gasteiger partial charge in [-0.05, 0) is 17.0 Å².